The van der Waals surface area contributed by atoms with Gasteiger partial charge < -0.3 is 0 Å². The molecule has 0 aliphatic heterocycles. The van der Waals surface area contributed by atoms with Gasteiger partial charge in [0.05, 0.1) is 5.52 Å². The van der Waals surface area contributed by atoms with Crippen molar-refractivity contribution in [3.63, 3.8) is 0 Å². The second-order valence-corrected chi connectivity index (χ2v) is 9.07. The van der Waals surface area contributed by atoms with Gasteiger partial charge in [-0.05, 0) is 94.0 Å². The third-order valence-electron chi connectivity index (χ3n) is 7.19. The Bertz CT molecular complexity index is 1440. The Morgan fingerprint density at radius 1 is 0.774 bits per heavy atom. The molecule has 2 atom stereocenters. The molecule has 0 N–H and O–H groups in total. The molecule has 0 fully saturated rings. The molecule has 1 heterocycles. The largest absolute Gasteiger partial charge is 0.256 e. The molecule has 1 aliphatic rings. The minimum atomic E-state index is 0.438. The molecule has 0 spiro atoms. The average molecular weight is 401 g/mol. The molecule has 31 heavy (non-hydrogen) atoms. The normalized spacial score (nSPS) is 18.5. The summed E-state index contributed by atoms with van der Waals surface area (Å²) < 4.78 is 0. The van der Waals surface area contributed by atoms with Gasteiger partial charge in [0, 0.05) is 11.6 Å². The predicted octanol–water partition coefficient (Wildman–Crippen LogP) is 8.08. The van der Waals surface area contributed by atoms with Crippen LogP contribution in [-0.2, 0) is 0 Å². The van der Waals surface area contributed by atoms with Crippen molar-refractivity contribution in [2.45, 2.75) is 38.5 Å². The lowest BCUT2D eigenvalue weighted by Crippen LogP contribution is -2.14. The van der Waals surface area contributed by atoms with E-state index in [2.05, 4.69) is 92.0 Å². The van der Waals surface area contributed by atoms with Crippen molar-refractivity contribution >= 4 is 32.4 Å². The molecule has 151 valence electrons. The number of pyridine rings is 1. The molecule has 5 aromatic rings. The van der Waals surface area contributed by atoms with E-state index in [0.717, 1.165) is 5.52 Å². The van der Waals surface area contributed by atoms with E-state index in [1.54, 1.807) is 5.56 Å². The Kier molecular flexibility index (Phi) is 4.31. The van der Waals surface area contributed by atoms with Crippen LogP contribution in [0.15, 0.2) is 79.0 Å². The molecule has 1 radical (unpaired) electrons. The van der Waals surface area contributed by atoms with Crippen molar-refractivity contribution in [1.82, 2.24) is 4.98 Å². The first-order chi connectivity index (χ1) is 15.2. The first-order valence-corrected chi connectivity index (χ1v) is 11.3. The number of aryl methyl sites for hydroxylation is 1. The highest BCUT2D eigenvalue weighted by Crippen LogP contribution is 2.46. The number of hydrogen-bond donors (Lipinski definition) is 0. The van der Waals surface area contributed by atoms with E-state index in [-0.39, 0.29) is 0 Å². The number of rotatable bonds is 2. The van der Waals surface area contributed by atoms with E-state index in [1.807, 2.05) is 12.3 Å². The van der Waals surface area contributed by atoms with Crippen LogP contribution in [0.25, 0.3) is 32.4 Å². The van der Waals surface area contributed by atoms with Gasteiger partial charge in [-0.1, -0.05) is 67.6 Å². The van der Waals surface area contributed by atoms with Crippen LogP contribution in [0.1, 0.15) is 53.9 Å². The van der Waals surface area contributed by atoms with Gasteiger partial charge in [-0.3, -0.25) is 4.98 Å². The topological polar surface area (TPSA) is 12.9 Å². The van der Waals surface area contributed by atoms with Gasteiger partial charge in [-0.25, -0.2) is 0 Å². The van der Waals surface area contributed by atoms with Gasteiger partial charge in [0.25, 0.3) is 0 Å². The van der Waals surface area contributed by atoms with E-state index in [4.69, 9.17) is 0 Å². The zero-order valence-electron chi connectivity index (χ0n) is 18.1. The average Bonchev–Trinajstić information content (AvgIpc) is 2.81. The maximum atomic E-state index is 4.55. The lowest BCUT2D eigenvalue weighted by atomic mass is 9.73. The zero-order chi connectivity index (χ0) is 20.9. The Hall–Kier alpha value is -3.19. The van der Waals surface area contributed by atoms with Crippen molar-refractivity contribution < 1.29 is 0 Å². The number of hydrogen-bond acceptors (Lipinski definition) is 1. The van der Waals surface area contributed by atoms with E-state index in [9.17, 15) is 0 Å². The molecule has 2 unspecified atom stereocenters. The number of nitrogens with zero attached hydrogens (tertiary/aromatic N) is 1. The molecular formula is C30H26N. The third-order valence-corrected chi connectivity index (χ3v) is 7.19. The summed E-state index contributed by atoms with van der Waals surface area (Å²) in [5, 5.41) is 6.82. The van der Waals surface area contributed by atoms with Crippen LogP contribution < -0.4 is 0 Å². The monoisotopic (exact) mass is 400 g/mol. The van der Waals surface area contributed by atoms with Gasteiger partial charge >= 0.3 is 0 Å². The molecule has 6 rings (SSSR count). The Balaban J connectivity index is 1.53. The standard InChI is InChI=1S/C30H26N/c1-19-12-13-22(18-21-7-5-11-29-24(21)10-6-16-31-29)25-14-15-27-26-9-4-3-8-23(26)20(2)17-28(27)30(19)25/h3-11,14-19,22H,12-13H2,1-2H3. The van der Waals surface area contributed by atoms with Crippen LogP contribution in [0.3, 0.4) is 0 Å². The van der Waals surface area contributed by atoms with Crippen molar-refractivity contribution in [1.29, 1.82) is 0 Å². The van der Waals surface area contributed by atoms with Gasteiger partial charge in [0.15, 0.2) is 0 Å². The minimum Gasteiger partial charge on any atom is -0.256 e. The number of fused-ring (bicyclic) bond motifs is 6. The summed E-state index contributed by atoms with van der Waals surface area (Å²) in [6.45, 7) is 4.65. The van der Waals surface area contributed by atoms with Crippen LogP contribution in [0.5, 0.6) is 0 Å². The van der Waals surface area contributed by atoms with E-state index < -0.39 is 0 Å². The summed E-state index contributed by atoms with van der Waals surface area (Å²) in [6, 6.07) is 26.7. The molecule has 1 nitrogen and oxygen atoms in total. The van der Waals surface area contributed by atoms with Crippen molar-refractivity contribution in [2.24, 2.45) is 0 Å². The highest BCUT2D eigenvalue weighted by molar-refractivity contribution is 6.10. The number of aromatic nitrogens is 1. The quantitative estimate of drug-likeness (QED) is 0.273. The predicted molar refractivity (Wildman–Crippen MR) is 132 cm³/mol. The maximum absolute atomic E-state index is 4.55. The van der Waals surface area contributed by atoms with Gasteiger partial charge in [-0.15, -0.1) is 0 Å². The molecule has 0 bridgehead atoms. The van der Waals surface area contributed by atoms with Crippen LogP contribution in [0.2, 0.25) is 0 Å². The molecular weight excluding hydrogens is 374 g/mol. The van der Waals surface area contributed by atoms with Crippen LogP contribution in [-0.4, -0.2) is 4.98 Å². The van der Waals surface area contributed by atoms with Crippen LogP contribution in [0.4, 0.5) is 0 Å². The molecule has 0 saturated heterocycles. The smallest absolute Gasteiger partial charge is 0.0704 e. The summed E-state index contributed by atoms with van der Waals surface area (Å²) in [4.78, 5) is 4.55. The Labute approximate surface area is 183 Å². The van der Waals surface area contributed by atoms with E-state index in [1.165, 1.54) is 56.5 Å². The molecule has 1 aromatic heterocycles. The lowest BCUT2D eigenvalue weighted by molar-refractivity contribution is 0.545. The summed E-state index contributed by atoms with van der Waals surface area (Å²) in [7, 11) is 0. The fourth-order valence-electron chi connectivity index (χ4n) is 5.66. The van der Waals surface area contributed by atoms with Crippen LogP contribution in [0, 0.1) is 13.3 Å². The number of benzene rings is 4. The maximum Gasteiger partial charge on any atom is 0.0704 e. The Morgan fingerprint density at radius 3 is 2.48 bits per heavy atom. The highest BCUT2D eigenvalue weighted by Gasteiger charge is 2.27. The fraction of sp³-hybridized carbons (Fsp3) is 0.200. The summed E-state index contributed by atoms with van der Waals surface area (Å²) in [5.41, 5.74) is 6.79. The highest BCUT2D eigenvalue weighted by atomic mass is 14.6. The molecule has 0 amide bonds. The van der Waals surface area contributed by atoms with Crippen molar-refractivity contribution in [3.05, 3.63) is 108 Å². The fourth-order valence-corrected chi connectivity index (χ4v) is 5.66. The summed E-state index contributed by atoms with van der Waals surface area (Å²) >= 11 is 0. The molecule has 1 aliphatic carbocycles. The van der Waals surface area contributed by atoms with Gasteiger partial charge in [-0.2, -0.15) is 0 Å². The third kappa shape index (κ3) is 2.95. The molecule has 1 heteroatoms. The van der Waals surface area contributed by atoms with E-state index in [0.29, 0.717) is 11.8 Å². The lowest BCUT2D eigenvalue weighted by Gasteiger charge is -2.31. The molecule has 4 aromatic carbocycles. The van der Waals surface area contributed by atoms with Crippen molar-refractivity contribution in [3.8, 4) is 0 Å². The van der Waals surface area contributed by atoms with Gasteiger partial charge in [0.2, 0.25) is 0 Å². The second kappa shape index (κ2) is 7.20. The summed E-state index contributed by atoms with van der Waals surface area (Å²) in [6.07, 6.45) is 6.78. The Morgan fingerprint density at radius 2 is 1.58 bits per heavy atom. The zero-order valence-corrected chi connectivity index (χ0v) is 18.1. The van der Waals surface area contributed by atoms with Crippen LogP contribution >= 0.6 is 0 Å². The SMILES string of the molecule is Cc1cc2c3c(ccc2c2ccccc12)C([CH]c1cccc2ncccc12)CCC3C. The molecule has 0 saturated carbocycles. The van der Waals surface area contributed by atoms with E-state index >= 15 is 0 Å². The summed E-state index contributed by atoms with van der Waals surface area (Å²) in [5.74, 6) is 1.02. The van der Waals surface area contributed by atoms with Crippen molar-refractivity contribution in [2.75, 3.05) is 0 Å². The first-order valence-electron chi connectivity index (χ1n) is 11.3. The second-order valence-electron chi connectivity index (χ2n) is 9.07. The minimum absolute atomic E-state index is 0.438. The van der Waals surface area contributed by atoms with Gasteiger partial charge in [0.1, 0.15) is 0 Å². The first kappa shape index (κ1) is 18.6.